The normalized spacial score (nSPS) is 16.1. The molecule has 0 bridgehead atoms. The maximum Gasteiger partial charge on any atom is 0.267 e. The number of rotatable bonds is 3. The standard InChI is InChI=1S/C11H18N4OS2/c1-7(2)13-11-14-9(12)8(18-11)10(16)15-3-5-17-6-4-15/h7H,3-6,12H2,1-2H3,(H,13,14). The second-order valence-electron chi connectivity index (χ2n) is 4.44. The van der Waals surface area contributed by atoms with Crippen molar-refractivity contribution in [3.8, 4) is 0 Å². The highest BCUT2D eigenvalue weighted by Gasteiger charge is 2.23. The highest BCUT2D eigenvalue weighted by Crippen LogP contribution is 2.27. The number of hydrogen-bond donors (Lipinski definition) is 2. The first kappa shape index (κ1) is 13.5. The number of amides is 1. The molecular weight excluding hydrogens is 268 g/mol. The summed E-state index contributed by atoms with van der Waals surface area (Å²) in [4.78, 5) is 18.9. The van der Waals surface area contributed by atoms with Crippen LogP contribution in [0.25, 0.3) is 0 Å². The van der Waals surface area contributed by atoms with E-state index in [1.54, 1.807) is 0 Å². The third-order valence-electron chi connectivity index (χ3n) is 2.56. The van der Waals surface area contributed by atoms with Crippen LogP contribution in [-0.4, -0.2) is 46.4 Å². The number of nitrogens with zero attached hydrogens (tertiary/aromatic N) is 2. The topological polar surface area (TPSA) is 71.2 Å². The molecule has 3 N–H and O–H groups in total. The predicted molar refractivity (Wildman–Crippen MR) is 78.5 cm³/mol. The molecule has 0 aromatic carbocycles. The molecular formula is C11H18N4OS2. The minimum Gasteiger partial charge on any atom is -0.382 e. The fourth-order valence-electron chi connectivity index (χ4n) is 1.70. The first-order valence-electron chi connectivity index (χ1n) is 5.98. The third-order valence-corrected chi connectivity index (χ3v) is 4.49. The third kappa shape index (κ3) is 3.08. The van der Waals surface area contributed by atoms with E-state index in [1.807, 2.05) is 30.5 Å². The predicted octanol–water partition coefficient (Wildman–Crippen LogP) is 1.73. The van der Waals surface area contributed by atoms with E-state index in [2.05, 4.69) is 10.3 Å². The molecule has 2 rings (SSSR count). The molecule has 0 atom stereocenters. The van der Waals surface area contributed by atoms with Gasteiger partial charge in [0.1, 0.15) is 10.7 Å². The summed E-state index contributed by atoms with van der Waals surface area (Å²) in [5.74, 6) is 2.36. The number of hydrogen-bond acceptors (Lipinski definition) is 6. The Morgan fingerprint density at radius 1 is 1.44 bits per heavy atom. The summed E-state index contributed by atoms with van der Waals surface area (Å²) in [6.45, 7) is 5.66. The molecule has 1 aromatic heterocycles. The lowest BCUT2D eigenvalue weighted by Gasteiger charge is -2.25. The molecule has 1 amide bonds. The molecule has 1 fully saturated rings. The molecule has 1 saturated heterocycles. The Morgan fingerprint density at radius 3 is 2.72 bits per heavy atom. The zero-order valence-corrected chi connectivity index (χ0v) is 12.2. The molecule has 18 heavy (non-hydrogen) atoms. The van der Waals surface area contributed by atoms with Crippen LogP contribution < -0.4 is 11.1 Å². The van der Waals surface area contributed by atoms with Crippen LogP contribution in [0, 0.1) is 0 Å². The van der Waals surface area contributed by atoms with Crippen molar-refractivity contribution in [2.24, 2.45) is 0 Å². The van der Waals surface area contributed by atoms with Crippen LogP contribution in [0.4, 0.5) is 10.9 Å². The molecule has 100 valence electrons. The van der Waals surface area contributed by atoms with Gasteiger partial charge in [0.2, 0.25) is 0 Å². The SMILES string of the molecule is CC(C)Nc1nc(N)c(C(=O)N2CCSCC2)s1. The van der Waals surface area contributed by atoms with Gasteiger partial charge in [-0.05, 0) is 13.8 Å². The van der Waals surface area contributed by atoms with Gasteiger partial charge in [-0.2, -0.15) is 11.8 Å². The Morgan fingerprint density at radius 2 is 2.11 bits per heavy atom. The van der Waals surface area contributed by atoms with Crippen LogP contribution in [0.2, 0.25) is 0 Å². The summed E-state index contributed by atoms with van der Waals surface area (Å²) in [6, 6.07) is 0.282. The number of carbonyl (C=O) groups excluding carboxylic acids is 1. The van der Waals surface area contributed by atoms with Crippen molar-refractivity contribution in [3.05, 3.63) is 4.88 Å². The van der Waals surface area contributed by atoms with Crippen LogP contribution in [-0.2, 0) is 0 Å². The average Bonchev–Trinajstić information content (AvgIpc) is 2.69. The van der Waals surface area contributed by atoms with Gasteiger partial charge in [-0.25, -0.2) is 4.98 Å². The van der Waals surface area contributed by atoms with Crippen molar-refractivity contribution >= 4 is 40.0 Å². The number of anilines is 2. The quantitative estimate of drug-likeness (QED) is 0.885. The molecule has 0 spiro atoms. The maximum atomic E-state index is 12.3. The van der Waals surface area contributed by atoms with Crippen molar-refractivity contribution in [1.82, 2.24) is 9.88 Å². The molecule has 1 aliphatic rings. The number of thiazole rings is 1. The molecule has 0 aliphatic carbocycles. The van der Waals surface area contributed by atoms with Gasteiger partial charge >= 0.3 is 0 Å². The number of aromatic nitrogens is 1. The van der Waals surface area contributed by atoms with E-state index in [0.717, 1.165) is 29.7 Å². The number of thioether (sulfide) groups is 1. The second-order valence-corrected chi connectivity index (χ2v) is 6.66. The number of carbonyl (C=O) groups is 1. The van der Waals surface area contributed by atoms with Crippen molar-refractivity contribution in [3.63, 3.8) is 0 Å². The van der Waals surface area contributed by atoms with Crippen LogP contribution in [0.5, 0.6) is 0 Å². The largest absolute Gasteiger partial charge is 0.382 e. The molecule has 1 aliphatic heterocycles. The van der Waals surface area contributed by atoms with Crippen molar-refractivity contribution in [2.45, 2.75) is 19.9 Å². The van der Waals surface area contributed by atoms with E-state index in [4.69, 9.17) is 5.73 Å². The van der Waals surface area contributed by atoms with Crippen LogP contribution in [0.1, 0.15) is 23.5 Å². The summed E-state index contributed by atoms with van der Waals surface area (Å²) < 4.78 is 0. The molecule has 0 saturated carbocycles. The Bertz CT molecular complexity index is 427. The highest BCUT2D eigenvalue weighted by molar-refractivity contribution is 7.99. The zero-order valence-electron chi connectivity index (χ0n) is 10.6. The van der Waals surface area contributed by atoms with E-state index >= 15 is 0 Å². The molecule has 2 heterocycles. The summed E-state index contributed by atoms with van der Waals surface area (Å²) in [5, 5.41) is 3.90. The van der Waals surface area contributed by atoms with Gasteiger partial charge in [-0.1, -0.05) is 11.3 Å². The molecule has 0 radical (unpaired) electrons. The van der Waals surface area contributed by atoms with Gasteiger partial charge in [-0.15, -0.1) is 0 Å². The minimum atomic E-state index is 0.0158. The van der Waals surface area contributed by atoms with Crippen molar-refractivity contribution in [1.29, 1.82) is 0 Å². The lowest BCUT2D eigenvalue weighted by atomic mass is 10.4. The van der Waals surface area contributed by atoms with Crippen LogP contribution in [0.3, 0.4) is 0 Å². The Kier molecular flexibility index (Phi) is 4.34. The average molecular weight is 286 g/mol. The van der Waals surface area contributed by atoms with Gasteiger partial charge in [0.05, 0.1) is 0 Å². The summed E-state index contributed by atoms with van der Waals surface area (Å²) in [5.41, 5.74) is 5.83. The number of nitrogens with two attached hydrogens (primary N) is 1. The molecule has 0 unspecified atom stereocenters. The first-order chi connectivity index (χ1) is 8.58. The van der Waals surface area contributed by atoms with Crippen LogP contribution in [0.15, 0.2) is 0 Å². The molecule has 5 nitrogen and oxygen atoms in total. The van der Waals surface area contributed by atoms with E-state index in [-0.39, 0.29) is 11.9 Å². The Hall–Kier alpha value is -0.950. The van der Waals surface area contributed by atoms with Gasteiger partial charge in [-0.3, -0.25) is 4.79 Å². The van der Waals surface area contributed by atoms with Crippen molar-refractivity contribution in [2.75, 3.05) is 35.6 Å². The second kappa shape index (κ2) is 5.79. The van der Waals surface area contributed by atoms with Gasteiger partial charge in [0, 0.05) is 30.6 Å². The Labute approximate surface area is 115 Å². The first-order valence-corrected chi connectivity index (χ1v) is 7.95. The van der Waals surface area contributed by atoms with Crippen LogP contribution >= 0.6 is 23.1 Å². The van der Waals surface area contributed by atoms with E-state index < -0.39 is 0 Å². The number of nitrogen functional groups attached to an aromatic ring is 1. The smallest absolute Gasteiger partial charge is 0.267 e. The van der Waals surface area contributed by atoms with Crippen molar-refractivity contribution < 1.29 is 4.79 Å². The lowest BCUT2D eigenvalue weighted by molar-refractivity contribution is 0.0778. The van der Waals surface area contributed by atoms with Gasteiger partial charge in [0.15, 0.2) is 5.13 Å². The Balaban J connectivity index is 2.11. The molecule has 1 aromatic rings. The summed E-state index contributed by atoms with van der Waals surface area (Å²) in [7, 11) is 0. The lowest BCUT2D eigenvalue weighted by Crippen LogP contribution is -2.37. The van der Waals surface area contributed by atoms with Gasteiger partial charge in [0.25, 0.3) is 5.91 Å². The minimum absolute atomic E-state index is 0.0158. The van der Waals surface area contributed by atoms with E-state index in [1.165, 1.54) is 11.3 Å². The molecule has 7 heteroatoms. The maximum absolute atomic E-state index is 12.3. The number of nitrogens with one attached hydrogen (secondary N) is 1. The zero-order chi connectivity index (χ0) is 13.1. The summed E-state index contributed by atoms with van der Waals surface area (Å²) in [6.07, 6.45) is 0. The monoisotopic (exact) mass is 286 g/mol. The fourth-order valence-corrected chi connectivity index (χ4v) is 3.61. The van der Waals surface area contributed by atoms with E-state index in [0.29, 0.717) is 10.7 Å². The highest BCUT2D eigenvalue weighted by atomic mass is 32.2. The van der Waals surface area contributed by atoms with Gasteiger partial charge < -0.3 is 16.0 Å². The van der Waals surface area contributed by atoms with E-state index in [9.17, 15) is 4.79 Å². The fraction of sp³-hybridized carbons (Fsp3) is 0.636. The summed E-state index contributed by atoms with van der Waals surface area (Å²) >= 11 is 3.22.